The maximum Gasteiger partial charge on any atom is 0.277 e. The van der Waals surface area contributed by atoms with Crippen molar-refractivity contribution < 1.29 is 15.8 Å². The van der Waals surface area contributed by atoms with E-state index in [0.29, 0.717) is 29.9 Å². The van der Waals surface area contributed by atoms with Gasteiger partial charge in [-0.25, -0.2) is 0 Å². The van der Waals surface area contributed by atoms with E-state index in [1.54, 1.807) is 29.6 Å². The quantitative estimate of drug-likeness (QED) is 0.737. The highest BCUT2D eigenvalue weighted by molar-refractivity contribution is 6.19. The summed E-state index contributed by atoms with van der Waals surface area (Å²) >= 11 is 0. The Morgan fingerprint density at radius 3 is 2.59 bits per heavy atom. The molecular weight excluding hydrogens is 406 g/mol. The van der Waals surface area contributed by atoms with Crippen LogP contribution in [0.5, 0.6) is 0 Å². The van der Waals surface area contributed by atoms with Crippen LogP contribution in [0, 0.1) is 6.92 Å². The third kappa shape index (κ3) is 4.85. The molecule has 0 saturated heterocycles. The molecule has 0 atom stereocenters. The zero-order valence-electron chi connectivity index (χ0n) is 19.0. The van der Waals surface area contributed by atoms with E-state index in [2.05, 4.69) is 15.3 Å². The molecule has 8 nitrogen and oxygen atoms in total. The molecule has 4 rings (SSSR count). The zero-order valence-corrected chi connectivity index (χ0v) is 19.0. The van der Waals surface area contributed by atoms with Crippen molar-refractivity contribution >= 4 is 23.4 Å². The summed E-state index contributed by atoms with van der Waals surface area (Å²) < 4.78 is 0. The van der Waals surface area contributed by atoms with Crippen molar-refractivity contribution in [3.63, 3.8) is 0 Å². The lowest BCUT2D eigenvalue weighted by molar-refractivity contribution is -0.136. The lowest BCUT2D eigenvalue weighted by Crippen LogP contribution is -2.37. The second-order valence-corrected chi connectivity index (χ2v) is 7.61. The lowest BCUT2D eigenvalue weighted by Gasteiger charge is -2.23. The molecule has 0 unspecified atom stereocenters. The molecular formula is C24H31N5O3. The highest BCUT2D eigenvalue weighted by Crippen LogP contribution is 2.29. The molecule has 3 amide bonds. The first-order valence-electron chi connectivity index (χ1n) is 10.9. The number of hydrogen-bond acceptors (Lipinski definition) is 6. The molecule has 2 aromatic heterocycles. The van der Waals surface area contributed by atoms with E-state index < -0.39 is 0 Å². The fraction of sp³-hybridized carbons (Fsp3) is 0.375. The molecule has 0 fully saturated rings. The fourth-order valence-electron chi connectivity index (χ4n) is 3.82. The smallest absolute Gasteiger partial charge is 0.277 e. The Morgan fingerprint density at radius 2 is 1.91 bits per heavy atom. The second kappa shape index (κ2) is 10.2. The van der Waals surface area contributed by atoms with Gasteiger partial charge in [0.05, 0.1) is 24.1 Å². The van der Waals surface area contributed by atoms with Crippen molar-refractivity contribution in [1.82, 2.24) is 19.8 Å². The first-order valence-corrected chi connectivity index (χ1v) is 10.9. The minimum atomic E-state index is -0.331. The molecule has 2 aliphatic heterocycles. The van der Waals surface area contributed by atoms with Crippen molar-refractivity contribution in [3.8, 4) is 11.3 Å². The van der Waals surface area contributed by atoms with Gasteiger partial charge in [0.1, 0.15) is 5.70 Å². The molecule has 170 valence electrons. The highest BCUT2D eigenvalue weighted by atomic mass is 16.2. The first kappa shape index (κ1) is 23.1. The third-order valence-electron chi connectivity index (χ3n) is 5.33. The van der Waals surface area contributed by atoms with Crippen LogP contribution in [0.3, 0.4) is 0 Å². The van der Waals surface area contributed by atoms with Crippen molar-refractivity contribution in [2.75, 3.05) is 25.5 Å². The Bertz CT molecular complexity index is 1050. The van der Waals surface area contributed by atoms with Crippen molar-refractivity contribution in [1.29, 1.82) is 0 Å². The van der Waals surface area contributed by atoms with Crippen LogP contribution in [-0.2, 0) is 14.4 Å². The van der Waals surface area contributed by atoms with Crippen LogP contribution in [0.1, 0.15) is 40.1 Å². The molecule has 2 aliphatic rings. The summed E-state index contributed by atoms with van der Waals surface area (Å²) in [6.07, 6.45) is 7.34. The number of amides is 3. The molecule has 1 N–H and O–H groups in total. The zero-order chi connectivity index (χ0) is 23.3. The largest absolute Gasteiger partial charge is 0.357 e. The van der Waals surface area contributed by atoms with Crippen molar-refractivity contribution in [3.05, 3.63) is 53.6 Å². The van der Waals surface area contributed by atoms with Gasteiger partial charge in [-0.3, -0.25) is 29.3 Å². The number of carbonyl (C=O) groups is 3. The average molecular weight is 438 g/mol. The number of hydrogen-bond donors (Lipinski definition) is 1. The minimum absolute atomic E-state index is 0. The fourth-order valence-corrected chi connectivity index (χ4v) is 3.82. The molecule has 0 aromatic carbocycles. The van der Waals surface area contributed by atoms with Gasteiger partial charge in [-0.05, 0) is 49.9 Å². The summed E-state index contributed by atoms with van der Waals surface area (Å²) in [7, 11) is 1.48. The number of imide groups is 1. The predicted octanol–water partition coefficient (Wildman–Crippen LogP) is 3.40. The Kier molecular flexibility index (Phi) is 7.35. The molecule has 8 heteroatoms. The monoisotopic (exact) mass is 437 g/mol. The minimum Gasteiger partial charge on any atom is -0.357 e. The van der Waals surface area contributed by atoms with E-state index in [1.807, 2.05) is 32.9 Å². The van der Waals surface area contributed by atoms with Crippen LogP contribution in [0.4, 0.5) is 5.69 Å². The van der Waals surface area contributed by atoms with E-state index in [9.17, 15) is 14.4 Å². The molecule has 4 heterocycles. The molecule has 0 spiro atoms. The van der Waals surface area contributed by atoms with E-state index in [0.717, 1.165) is 34.6 Å². The Labute approximate surface area is 189 Å². The van der Waals surface area contributed by atoms with Crippen molar-refractivity contribution in [2.24, 2.45) is 0 Å². The lowest BCUT2D eigenvalue weighted by atomic mass is 10.1. The number of nitrogens with zero attached hydrogens (tertiary/aromatic N) is 4. The first-order chi connectivity index (χ1) is 15.4. The van der Waals surface area contributed by atoms with Gasteiger partial charge in [-0.2, -0.15) is 0 Å². The highest BCUT2D eigenvalue weighted by Gasteiger charge is 2.39. The molecule has 0 bridgehead atoms. The van der Waals surface area contributed by atoms with Gasteiger partial charge in [0.2, 0.25) is 5.91 Å². The van der Waals surface area contributed by atoms with Crippen LogP contribution in [0.2, 0.25) is 0 Å². The summed E-state index contributed by atoms with van der Waals surface area (Å²) in [6, 6.07) is 5.61. The summed E-state index contributed by atoms with van der Waals surface area (Å²) in [6.45, 7) is 6.54. The van der Waals surface area contributed by atoms with E-state index >= 15 is 0 Å². The van der Waals surface area contributed by atoms with E-state index in [1.165, 1.54) is 7.05 Å². The van der Waals surface area contributed by atoms with Crippen LogP contribution in [0.25, 0.3) is 11.3 Å². The molecule has 0 radical (unpaired) electrons. The number of anilines is 1. The Hall–Kier alpha value is -3.55. The number of aromatic nitrogens is 2. The number of likely N-dealkylation sites (N-methyl/N-ethyl adjacent to an activating group) is 1. The summed E-state index contributed by atoms with van der Waals surface area (Å²) in [5.41, 5.74) is 4.18. The van der Waals surface area contributed by atoms with E-state index in [-0.39, 0.29) is 25.7 Å². The van der Waals surface area contributed by atoms with Gasteiger partial charge in [0, 0.05) is 38.5 Å². The van der Waals surface area contributed by atoms with Crippen LogP contribution < -0.4 is 5.32 Å². The standard InChI is InChI=1S/C22H23N5O3.C2H6.H2/c1-14-9-15(11-23-10-14)18-7-6-16(12-24-18)25-19(28)13-27-8-4-3-5-17-20(27)22(30)26(2)21(17)29;1-2;/h6-7,9-12H,3-5,8,13H2,1-2H3,(H,25,28);1-2H3;1H. The second-order valence-electron chi connectivity index (χ2n) is 7.61. The summed E-state index contributed by atoms with van der Waals surface area (Å²) in [5.74, 6) is -0.847. The SMILES string of the molecule is CC.Cc1cncc(-c2ccc(NC(=O)CN3CCCCC4=C3C(=O)N(C)C4=O)cn2)c1.[HH]. The summed E-state index contributed by atoms with van der Waals surface area (Å²) in [5, 5.41) is 2.83. The predicted molar refractivity (Wildman–Crippen MR) is 125 cm³/mol. The maximum atomic E-state index is 12.6. The topological polar surface area (TPSA) is 95.5 Å². The van der Waals surface area contributed by atoms with Crippen LogP contribution in [0.15, 0.2) is 48.1 Å². The Morgan fingerprint density at radius 1 is 1.12 bits per heavy atom. The van der Waals surface area contributed by atoms with Gasteiger partial charge in [-0.1, -0.05) is 13.8 Å². The Balaban J connectivity index is 0.00000125. The van der Waals surface area contributed by atoms with Gasteiger partial charge in [-0.15, -0.1) is 0 Å². The van der Waals surface area contributed by atoms with Crippen LogP contribution >= 0.6 is 0 Å². The van der Waals surface area contributed by atoms with Gasteiger partial charge >= 0.3 is 0 Å². The number of carbonyl (C=O) groups excluding carboxylic acids is 3. The van der Waals surface area contributed by atoms with Gasteiger partial charge in [0.15, 0.2) is 0 Å². The maximum absolute atomic E-state index is 12.6. The number of rotatable bonds is 4. The number of nitrogens with one attached hydrogen (secondary N) is 1. The molecule has 0 saturated carbocycles. The number of pyridine rings is 2. The molecule has 32 heavy (non-hydrogen) atoms. The molecule has 2 aromatic rings. The van der Waals surface area contributed by atoms with Crippen LogP contribution in [-0.4, -0.2) is 57.6 Å². The van der Waals surface area contributed by atoms with Gasteiger partial charge < -0.3 is 10.2 Å². The normalized spacial score (nSPS) is 15.8. The molecule has 0 aliphatic carbocycles. The average Bonchev–Trinajstić information content (AvgIpc) is 2.93. The van der Waals surface area contributed by atoms with E-state index in [4.69, 9.17) is 0 Å². The van der Waals surface area contributed by atoms with Gasteiger partial charge in [0.25, 0.3) is 11.8 Å². The third-order valence-corrected chi connectivity index (χ3v) is 5.33. The summed E-state index contributed by atoms with van der Waals surface area (Å²) in [4.78, 5) is 48.9. The number of aryl methyl sites for hydroxylation is 1. The van der Waals surface area contributed by atoms with Crippen molar-refractivity contribution in [2.45, 2.75) is 40.0 Å².